The lowest BCUT2D eigenvalue weighted by Gasteiger charge is -2.30. The molecule has 0 radical (unpaired) electrons. The second kappa shape index (κ2) is 9.63. The lowest BCUT2D eigenvalue weighted by atomic mass is 10.1. The van der Waals surface area contributed by atoms with Gasteiger partial charge in [-0.3, -0.25) is 9.59 Å². The zero-order valence-corrected chi connectivity index (χ0v) is 16.5. The number of hydrogen-bond donors (Lipinski definition) is 1. The van der Waals surface area contributed by atoms with E-state index < -0.39 is 11.9 Å². The van der Waals surface area contributed by atoms with Crippen molar-refractivity contribution in [3.8, 4) is 0 Å². The lowest BCUT2D eigenvalue weighted by molar-refractivity contribution is -0.140. The van der Waals surface area contributed by atoms with Gasteiger partial charge in [-0.25, -0.2) is 8.78 Å². The predicted octanol–water partition coefficient (Wildman–Crippen LogP) is 3.98. The van der Waals surface area contributed by atoms with Gasteiger partial charge in [0.25, 0.3) is 0 Å². The Hall–Kier alpha value is -2.76. The molecule has 0 spiro atoms. The first kappa shape index (κ1) is 21.0. The van der Waals surface area contributed by atoms with Gasteiger partial charge in [-0.15, -0.1) is 0 Å². The highest BCUT2D eigenvalue weighted by atomic mass is 19.1. The van der Waals surface area contributed by atoms with Crippen molar-refractivity contribution in [3.05, 3.63) is 71.3 Å². The lowest BCUT2D eigenvalue weighted by Crippen LogP contribution is -2.50. The Kier molecular flexibility index (Phi) is 6.96. The SMILES string of the molecule is CC(C(=O)NC1CCCC1)N(Cc1ccccc1F)C(=O)Cc1ccc(F)cc1. The van der Waals surface area contributed by atoms with Crippen molar-refractivity contribution in [2.45, 2.75) is 57.7 Å². The van der Waals surface area contributed by atoms with E-state index >= 15 is 0 Å². The molecule has 1 atom stereocenters. The molecule has 1 aliphatic rings. The van der Waals surface area contributed by atoms with Crippen LogP contribution in [0.2, 0.25) is 0 Å². The summed E-state index contributed by atoms with van der Waals surface area (Å²) in [6.45, 7) is 1.65. The summed E-state index contributed by atoms with van der Waals surface area (Å²) in [6.07, 6.45) is 4.06. The van der Waals surface area contributed by atoms with Crippen LogP contribution in [-0.4, -0.2) is 28.8 Å². The zero-order valence-electron chi connectivity index (χ0n) is 16.5. The minimum absolute atomic E-state index is 0.00798. The number of carbonyl (C=O) groups excluding carboxylic acids is 2. The molecular formula is C23H26F2N2O2. The number of nitrogens with zero attached hydrogens (tertiary/aromatic N) is 1. The standard InChI is InChI=1S/C23H26F2N2O2/c1-16(23(29)26-20-7-3-4-8-20)27(15-18-6-2-5-9-21(18)25)22(28)14-17-10-12-19(24)13-11-17/h2,5-6,9-13,16,20H,3-4,7-8,14-15H2,1H3,(H,26,29). The molecule has 1 aliphatic carbocycles. The third-order valence-corrected chi connectivity index (χ3v) is 5.44. The highest BCUT2D eigenvalue weighted by molar-refractivity contribution is 5.88. The van der Waals surface area contributed by atoms with Gasteiger partial charge in [-0.05, 0) is 43.5 Å². The summed E-state index contributed by atoms with van der Waals surface area (Å²) in [5, 5.41) is 3.01. The first-order valence-corrected chi connectivity index (χ1v) is 10.0. The van der Waals surface area contributed by atoms with Crippen molar-refractivity contribution in [3.63, 3.8) is 0 Å². The number of nitrogens with one attached hydrogen (secondary N) is 1. The Morgan fingerprint density at radius 2 is 1.72 bits per heavy atom. The minimum Gasteiger partial charge on any atom is -0.352 e. The Balaban J connectivity index is 1.77. The van der Waals surface area contributed by atoms with Gasteiger partial charge in [0.1, 0.15) is 17.7 Å². The Bertz CT molecular complexity index is 848. The van der Waals surface area contributed by atoms with Gasteiger partial charge in [0, 0.05) is 18.2 Å². The summed E-state index contributed by atoms with van der Waals surface area (Å²) < 4.78 is 27.3. The van der Waals surface area contributed by atoms with Crippen LogP contribution >= 0.6 is 0 Å². The van der Waals surface area contributed by atoms with Gasteiger partial charge >= 0.3 is 0 Å². The molecule has 1 N–H and O–H groups in total. The van der Waals surface area contributed by atoms with E-state index in [-0.39, 0.29) is 36.6 Å². The second-order valence-electron chi connectivity index (χ2n) is 7.58. The van der Waals surface area contributed by atoms with Gasteiger partial charge in [-0.2, -0.15) is 0 Å². The van der Waals surface area contributed by atoms with E-state index in [1.54, 1.807) is 25.1 Å². The fourth-order valence-corrected chi connectivity index (χ4v) is 3.66. The van der Waals surface area contributed by atoms with Crippen LogP contribution in [0.1, 0.15) is 43.7 Å². The maximum Gasteiger partial charge on any atom is 0.242 e. The Morgan fingerprint density at radius 3 is 2.38 bits per heavy atom. The van der Waals surface area contributed by atoms with Crippen LogP contribution in [0.25, 0.3) is 0 Å². The molecule has 154 valence electrons. The Morgan fingerprint density at radius 1 is 1.07 bits per heavy atom. The van der Waals surface area contributed by atoms with Crippen molar-refractivity contribution >= 4 is 11.8 Å². The molecule has 1 fully saturated rings. The summed E-state index contributed by atoms with van der Waals surface area (Å²) in [5.74, 6) is -1.35. The topological polar surface area (TPSA) is 49.4 Å². The molecule has 0 saturated heterocycles. The van der Waals surface area contributed by atoms with E-state index in [0.29, 0.717) is 11.1 Å². The quantitative estimate of drug-likeness (QED) is 0.764. The van der Waals surface area contributed by atoms with Crippen LogP contribution in [0.4, 0.5) is 8.78 Å². The van der Waals surface area contributed by atoms with Gasteiger partial charge in [0.2, 0.25) is 11.8 Å². The third kappa shape index (κ3) is 5.62. The molecule has 0 bridgehead atoms. The largest absolute Gasteiger partial charge is 0.352 e. The summed E-state index contributed by atoms with van der Waals surface area (Å²) in [5.41, 5.74) is 0.985. The van der Waals surface area contributed by atoms with Crippen LogP contribution in [0.3, 0.4) is 0 Å². The van der Waals surface area contributed by atoms with Crippen LogP contribution in [-0.2, 0) is 22.6 Å². The summed E-state index contributed by atoms with van der Waals surface area (Å²) in [7, 11) is 0. The normalized spacial score (nSPS) is 15.1. The summed E-state index contributed by atoms with van der Waals surface area (Å²) >= 11 is 0. The van der Waals surface area contributed by atoms with E-state index in [0.717, 1.165) is 25.7 Å². The fourth-order valence-electron chi connectivity index (χ4n) is 3.66. The molecule has 29 heavy (non-hydrogen) atoms. The van der Waals surface area contributed by atoms with Crippen molar-refractivity contribution in [1.29, 1.82) is 0 Å². The molecule has 1 saturated carbocycles. The van der Waals surface area contributed by atoms with Crippen molar-refractivity contribution in [1.82, 2.24) is 10.2 Å². The average Bonchev–Trinajstić information content (AvgIpc) is 3.21. The minimum atomic E-state index is -0.747. The summed E-state index contributed by atoms with van der Waals surface area (Å²) in [4.78, 5) is 27.2. The number of hydrogen-bond acceptors (Lipinski definition) is 2. The van der Waals surface area contributed by atoms with Gasteiger partial charge in [-0.1, -0.05) is 43.2 Å². The van der Waals surface area contributed by atoms with Crippen LogP contribution in [0, 0.1) is 11.6 Å². The molecule has 0 aliphatic heterocycles. The van der Waals surface area contributed by atoms with E-state index in [1.807, 2.05) is 0 Å². The molecule has 2 aromatic carbocycles. The number of amides is 2. The van der Waals surface area contributed by atoms with E-state index in [9.17, 15) is 18.4 Å². The van der Waals surface area contributed by atoms with Crippen molar-refractivity contribution in [2.75, 3.05) is 0 Å². The highest BCUT2D eigenvalue weighted by Crippen LogP contribution is 2.19. The van der Waals surface area contributed by atoms with Crippen molar-refractivity contribution in [2.24, 2.45) is 0 Å². The molecule has 4 nitrogen and oxygen atoms in total. The molecule has 1 unspecified atom stereocenters. The maximum absolute atomic E-state index is 14.2. The molecule has 2 amide bonds. The van der Waals surface area contributed by atoms with Crippen LogP contribution < -0.4 is 5.32 Å². The van der Waals surface area contributed by atoms with E-state index in [1.165, 1.54) is 35.2 Å². The third-order valence-electron chi connectivity index (χ3n) is 5.44. The van der Waals surface area contributed by atoms with Gasteiger partial charge < -0.3 is 10.2 Å². The van der Waals surface area contributed by atoms with E-state index in [2.05, 4.69) is 5.32 Å². The Labute approximate surface area is 169 Å². The number of carbonyl (C=O) groups is 2. The molecule has 0 heterocycles. The molecule has 6 heteroatoms. The number of halogens is 2. The first-order chi connectivity index (χ1) is 13.9. The summed E-state index contributed by atoms with van der Waals surface area (Å²) in [6, 6.07) is 11.3. The fraction of sp³-hybridized carbons (Fsp3) is 0.391. The smallest absolute Gasteiger partial charge is 0.242 e. The highest BCUT2D eigenvalue weighted by Gasteiger charge is 2.29. The molecule has 2 aromatic rings. The molecule has 0 aromatic heterocycles. The molecular weight excluding hydrogens is 374 g/mol. The van der Waals surface area contributed by atoms with Gasteiger partial charge in [0.05, 0.1) is 6.42 Å². The van der Waals surface area contributed by atoms with Crippen molar-refractivity contribution < 1.29 is 18.4 Å². The maximum atomic E-state index is 14.2. The second-order valence-corrected chi connectivity index (χ2v) is 7.58. The van der Waals surface area contributed by atoms with Crippen LogP contribution in [0.5, 0.6) is 0 Å². The van der Waals surface area contributed by atoms with Gasteiger partial charge in [0.15, 0.2) is 0 Å². The monoisotopic (exact) mass is 400 g/mol. The number of benzene rings is 2. The number of rotatable bonds is 7. The molecule has 3 rings (SSSR count). The van der Waals surface area contributed by atoms with E-state index in [4.69, 9.17) is 0 Å². The zero-order chi connectivity index (χ0) is 20.8. The predicted molar refractivity (Wildman–Crippen MR) is 107 cm³/mol. The van der Waals surface area contributed by atoms with Crippen LogP contribution in [0.15, 0.2) is 48.5 Å². The average molecular weight is 400 g/mol. The first-order valence-electron chi connectivity index (χ1n) is 10.0.